The van der Waals surface area contributed by atoms with Crippen LogP contribution in [0.1, 0.15) is 42.4 Å². The molecule has 0 radical (unpaired) electrons. The molecule has 1 aliphatic carbocycles. The van der Waals surface area contributed by atoms with E-state index in [1.807, 2.05) is 35.8 Å². The standard InChI is InChI=1S/C21H22FN7/c1-13-12-18(27-26-13)24-20-17-6-3-11-29(17)28-21(25-20)19(23-16-4-2-5-16)14-7-9-15(22)10-8-14/h3,6-12,16,19,23H,2,4-5H2,1H3,(H2,24,25,26,27,28). The predicted molar refractivity (Wildman–Crippen MR) is 109 cm³/mol. The molecule has 4 aromatic rings. The van der Waals surface area contributed by atoms with E-state index >= 15 is 0 Å². The first kappa shape index (κ1) is 17.8. The molecular weight excluding hydrogens is 369 g/mol. The molecule has 1 aliphatic rings. The molecular formula is C21H22FN7. The van der Waals surface area contributed by atoms with Crippen LogP contribution in [0.3, 0.4) is 0 Å². The minimum absolute atomic E-state index is 0.228. The van der Waals surface area contributed by atoms with Gasteiger partial charge in [-0.25, -0.2) is 13.9 Å². The number of anilines is 2. The molecule has 1 saturated carbocycles. The Bertz CT molecular complexity index is 1130. The summed E-state index contributed by atoms with van der Waals surface area (Å²) in [7, 11) is 0. The summed E-state index contributed by atoms with van der Waals surface area (Å²) in [6.45, 7) is 1.95. The SMILES string of the molecule is Cc1cc(Nc2nc(C(NC3CCC3)c3ccc(F)cc3)nn3cccc23)n[nH]1. The lowest BCUT2D eigenvalue weighted by Crippen LogP contribution is -2.39. The molecule has 8 heteroatoms. The number of H-pyrrole nitrogens is 1. The van der Waals surface area contributed by atoms with Crippen molar-refractivity contribution in [2.24, 2.45) is 0 Å². The predicted octanol–water partition coefficient (Wildman–Crippen LogP) is 3.88. The van der Waals surface area contributed by atoms with Gasteiger partial charge in [-0.2, -0.15) is 10.2 Å². The van der Waals surface area contributed by atoms with Gasteiger partial charge in [0, 0.05) is 24.0 Å². The highest BCUT2D eigenvalue weighted by Gasteiger charge is 2.26. The zero-order valence-electron chi connectivity index (χ0n) is 16.1. The third-order valence-electron chi connectivity index (χ3n) is 5.33. The van der Waals surface area contributed by atoms with E-state index < -0.39 is 0 Å². The second kappa shape index (κ2) is 7.29. The summed E-state index contributed by atoms with van der Waals surface area (Å²) in [6.07, 6.45) is 5.37. The van der Waals surface area contributed by atoms with Gasteiger partial charge in [-0.1, -0.05) is 18.6 Å². The molecule has 0 amide bonds. The molecule has 7 nitrogen and oxygen atoms in total. The van der Waals surface area contributed by atoms with Gasteiger partial charge in [0.15, 0.2) is 17.5 Å². The van der Waals surface area contributed by atoms with Crippen molar-refractivity contribution in [1.82, 2.24) is 30.1 Å². The summed E-state index contributed by atoms with van der Waals surface area (Å²) in [5, 5.41) is 18.9. The van der Waals surface area contributed by atoms with Gasteiger partial charge in [0.05, 0.1) is 6.04 Å². The summed E-state index contributed by atoms with van der Waals surface area (Å²) in [5.41, 5.74) is 2.76. The van der Waals surface area contributed by atoms with Gasteiger partial charge in [-0.05, 0) is 49.6 Å². The third-order valence-corrected chi connectivity index (χ3v) is 5.33. The molecule has 1 fully saturated rings. The first-order valence-corrected chi connectivity index (χ1v) is 9.81. The third kappa shape index (κ3) is 3.58. The Morgan fingerprint density at radius 2 is 2.03 bits per heavy atom. The highest BCUT2D eigenvalue weighted by atomic mass is 19.1. The van der Waals surface area contributed by atoms with Gasteiger partial charge in [-0.3, -0.25) is 5.10 Å². The van der Waals surface area contributed by atoms with Gasteiger partial charge < -0.3 is 10.6 Å². The molecule has 3 N–H and O–H groups in total. The Kier molecular flexibility index (Phi) is 4.48. The monoisotopic (exact) mass is 391 g/mol. The van der Waals surface area contributed by atoms with Gasteiger partial charge in [-0.15, -0.1) is 0 Å². The maximum Gasteiger partial charge on any atom is 0.173 e. The van der Waals surface area contributed by atoms with E-state index in [0.29, 0.717) is 23.5 Å². The maximum absolute atomic E-state index is 13.5. The van der Waals surface area contributed by atoms with Gasteiger partial charge >= 0.3 is 0 Å². The molecule has 0 bridgehead atoms. The molecule has 0 saturated heterocycles. The van der Waals surface area contributed by atoms with Crippen LogP contribution in [0.2, 0.25) is 0 Å². The van der Waals surface area contributed by atoms with Crippen molar-refractivity contribution in [1.29, 1.82) is 0 Å². The van der Waals surface area contributed by atoms with E-state index in [2.05, 4.69) is 20.8 Å². The van der Waals surface area contributed by atoms with Crippen LogP contribution < -0.4 is 10.6 Å². The first-order chi connectivity index (χ1) is 14.2. The molecule has 5 rings (SSSR count). The minimum Gasteiger partial charge on any atom is -0.322 e. The van der Waals surface area contributed by atoms with Crippen molar-refractivity contribution in [3.8, 4) is 0 Å². The van der Waals surface area contributed by atoms with Crippen molar-refractivity contribution >= 4 is 17.2 Å². The van der Waals surface area contributed by atoms with E-state index in [0.717, 1.165) is 29.6 Å². The molecule has 3 aromatic heterocycles. The Balaban J connectivity index is 1.57. The molecule has 1 atom stereocenters. The highest BCUT2D eigenvalue weighted by Crippen LogP contribution is 2.28. The number of aryl methyl sites for hydroxylation is 1. The minimum atomic E-state index is -0.255. The summed E-state index contributed by atoms with van der Waals surface area (Å²) in [5.74, 6) is 1.74. The second-order valence-corrected chi connectivity index (χ2v) is 7.50. The number of benzene rings is 1. The van der Waals surface area contributed by atoms with Crippen molar-refractivity contribution in [3.63, 3.8) is 0 Å². The van der Waals surface area contributed by atoms with Crippen LogP contribution in [0.15, 0.2) is 48.7 Å². The summed E-state index contributed by atoms with van der Waals surface area (Å²) in [6, 6.07) is 12.5. The summed E-state index contributed by atoms with van der Waals surface area (Å²) < 4.78 is 15.3. The Morgan fingerprint density at radius 3 is 2.72 bits per heavy atom. The number of hydrogen-bond donors (Lipinski definition) is 3. The Labute approximate surface area is 167 Å². The van der Waals surface area contributed by atoms with Crippen LogP contribution in [0.25, 0.3) is 5.52 Å². The molecule has 148 valence electrons. The van der Waals surface area contributed by atoms with Crippen molar-refractivity contribution in [3.05, 3.63) is 71.6 Å². The van der Waals surface area contributed by atoms with Crippen LogP contribution in [-0.4, -0.2) is 30.8 Å². The number of fused-ring (bicyclic) bond motifs is 1. The number of nitrogens with one attached hydrogen (secondary N) is 3. The highest BCUT2D eigenvalue weighted by molar-refractivity contribution is 5.72. The van der Waals surface area contributed by atoms with E-state index in [9.17, 15) is 4.39 Å². The number of rotatable bonds is 6. The van der Waals surface area contributed by atoms with E-state index in [-0.39, 0.29) is 11.9 Å². The Hall–Kier alpha value is -3.26. The lowest BCUT2D eigenvalue weighted by atomic mass is 9.91. The van der Waals surface area contributed by atoms with Gasteiger partial charge in [0.1, 0.15) is 11.3 Å². The Morgan fingerprint density at radius 1 is 1.21 bits per heavy atom. The molecule has 1 aromatic carbocycles. The van der Waals surface area contributed by atoms with Gasteiger partial charge in [0.2, 0.25) is 0 Å². The maximum atomic E-state index is 13.5. The zero-order valence-corrected chi connectivity index (χ0v) is 16.1. The molecule has 0 aliphatic heterocycles. The molecule has 1 unspecified atom stereocenters. The molecule has 3 heterocycles. The number of aromatic amines is 1. The summed E-state index contributed by atoms with van der Waals surface area (Å²) in [4.78, 5) is 4.84. The zero-order chi connectivity index (χ0) is 19.8. The van der Waals surface area contributed by atoms with Crippen LogP contribution in [-0.2, 0) is 0 Å². The largest absolute Gasteiger partial charge is 0.322 e. The fourth-order valence-corrected chi connectivity index (χ4v) is 3.55. The second-order valence-electron chi connectivity index (χ2n) is 7.50. The van der Waals surface area contributed by atoms with Crippen molar-refractivity contribution < 1.29 is 4.39 Å². The summed E-state index contributed by atoms with van der Waals surface area (Å²) >= 11 is 0. The molecule has 29 heavy (non-hydrogen) atoms. The van der Waals surface area contributed by atoms with Crippen molar-refractivity contribution in [2.75, 3.05) is 5.32 Å². The average Bonchev–Trinajstić information content (AvgIpc) is 3.31. The fraction of sp³-hybridized carbons (Fsp3) is 0.286. The normalized spacial score (nSPS) is 15.4. The number of halogens is 1. The van der Waals surface area contributed by atoms with Crippen LogP contribution in [0.5, 0.6) is 0 Å². The van der Waals surface area contributed by atoms with Crippen LogP contribution >= 0.6 is 0 Å². The van der Waals surface area contributed by atoms with E-state index in [1.54, 1.807) is 12.1 Å². The lowest BCUT2D eigenvalue weighted by molar-refractivity contribution is 0.315. The number of nitrogens with zero attached hydrogens (tertiary/aromatic N) is 4. The number of aromatic nitrogens is 5. The number of hydrogen-bond acceptors (Lipinski definition) is 5. The molecule has 0 spiro atoms. The van der Waals surface area contributed by atoms with E-state index in [1.165, 1.54) is 18.6 Å². The fourth-order valence-electron chi connectivity index (χ4n) is 3.55. The first-order valence-electron chi connectivity index (χ1n) is 9.81. The van der Waals surface area contributed by atoms with Crippen LogP contribution in [0, 0.1) is 12.7 Å². The van der Waals surface area contributed by atoms with E-state index in [4.69, 9.17) is 10.1 Å². The quantitative estimate of drug-likeness (QED) is 0.465. The van der Waals surface area contributed by atoms with Crippen molar-refractivity contribution in [2.45, 2.75) is 38.3 Å². The topological polar surface area (TPSA) is 82.9 Å². The average molecular weight is 391 g/mol. The smallest absolute Gasteiger partial charge is 0.173 e. The lowest BCUT2D eigenvalue weighted by Gasteiger charge is -2.31. The van der Waals surface area contributed by atoms with Crippen LogP contribution in [0.4, 0.5) is 16.0 Å². The van der Waals surface area contributed by atoms with Gasteiger partial charge in [0.25, 0.3) is 0 Å².